The zero-order valence-corrected chi connectivity index (χ0v) is 37.3. The van der Waals surface area contributed by atoms with Crippen LogP contribution in [-0.4, -0.2) is 73.8 Å². The summed E-state index contributed by atoms with van der Waals surface area (Å²) in [6.07, 6.45) is 18.4. The Bertz CT molecular complexity index is 569. The highest BCUT2D eigenvalue weighted by molar-refractivity contribution is 7.64. The quantitative estimate of drug-likeness (QED) is 0.0335. The third-order valence-corrected chi connectivity index (χ3v) is 16.9. The fourth-order valence-electron chi connectivity index (χ4n) is 5.65. The van der Waals surface area contributed by atoms with Gasteiger partial charge in [0.25, 0.3) is 0 Å². The standard InChI is InChI=1S/C12H27ClO3Si.C12H27ClSi.C9H18Cl4Si/c1-12(6-4-2-3-5-7-13)8-17(9-14,10-15)11-16;1-12(11-14(2,3)4)9-7-5-6-8-10-13;1-9(8-14(11,12)13)6-4-2-3-5-7-10/h12,14-16H,2-11H2,1H3;12H,5-11H2,1-4H3;9H,2-8H2,1H3. The van der Waals surface area contributed by atoms with Crippen LogP contribution in [-0.2, 0) is 0 Å². The van der Waals surface area contributed by atoms with Crippen LogP contribution in [0.4, 0.5) is 0 Å². The lowest BCUT2D eigenvalue weighted by molar-refractivity contribution is 0.283. The predicted molar refractivity (Wildman–Crippen MR) is 217 cm³/mol. The summed E-state index contributed by atoms with van der Waals surface area (Å²) >= 11 is 34.4. The predicted octanol–water partition coefficient (Wildman–Crippen LogP) is 12.5. The van der Waals surface area contributed by atoms with Gasteiger partial charge in [-0.25, -0.2) is 0 Å². The molecule has 0 aromatic heterocycles. The van der Waals surface area contributed by atoms with Crippen molar-refractivity contribution in [2.24, 2.45) is 17.8 Å². The molecule has 3 N–H and O–H groups in total. The SMILES string of the molecule is CC(CCCCCCCl)C[Si](C)(C)C.CC(CCCCCCCl)C[Si](CO)(CO)CO.CC(CCCCCCCl)C[Si](Cl)(Cl)Cl. The first-order valence-electron chi connectivity index (χ1n) is 17.6. The molecule has 0 fully saturated rings. The Morgan fingerprint density at radius 2 is 0.733 bits per heavy atom. The Kier molecular flexibility index (Phi) is 38.3. The van der Waals surface area contributed by atoms with Crippen LogP contribution >= 0.6 is 68.0 Å². The van der Waals surface area contributed by atoms with Gasteiger partial charge in [-0.05, 0) is 49.1 Å². The zero-order valence-electron chi connectivity index (χ0n) is 29.8. The highest BCUT2D eigenvalue weighted by Gasteiger charge is 2.33. The highest BCUT2D eigenvalue weighted by atomic mass is 35.8. The van der Waals surface area contributed by atoms with E-state index in [9.17, 15) is 15.3 Å². The van der Waals surface area contributed by atoms with Crippen LogP contribution in [0.3, 0.4) is 0 Å². The number of unbranched alkanes of at least 4 members (excludes halogenated alkanes) is 9. The third kappa shape index (κ3) is 40.6. The first kappa shape index (κ1) is 51.6. The molecule has 3 nitrogen and oxygen atoms in total. The molecule has 3 atom stereocenters. The Hall–Kier alpha value is 2.27. The van der Waals surface area contributed by atoms with E-state index in [4.69, 9.17) is 68.0 Å². The summed E-state index contributed by atoms with van der Waals surface area (Å²) in [5.41, 5.74) is 0. The van der Waals surface area contributed by atoms with Gasteiger partial charge in [0.15, 0.2) is 0 Å². The van der Waals surface area contributed by atoms with Crippen LogP contribution < -0.4 is 0 Å². The number of halogens is 6. The van der Waals surface area contributed by atoms with E-state index in [2.05, 4.69) is 40.4 Å². The maximum Gasteiger partial charge on any atom is 0.341 e. The first-order valence-corrected chi connectivity index (χ1v) is 31.0. The molecule has 0 aliphatic rings. The van der Waals surface area contributed by atoms with Gasteiger partial charge in [-0.3, -0.25) is 0 Å². The lowest BCUT2D eigenvalue weighted by atomic mass is 10.0. The monoisotopic (exact) mass is 810 g/mol. The number of hydrogen-bond acceptors (Lipinski definition) is 3. The minimum absolute atomic E-state index is 0.0173. The summed E-state index contributed by atoms with van der Waals surface area (Å²) in [6.45, 7) is 14.1. The Morgan fingerprint density at radius 3 is 1.00 bits per heavy atom. The molecule has 0 spiro atoms. The van der Waals surface area contributed by atoms with Crippen molar-refractivity contribution < 1.29 is 15.3 Å². The molecule has 0 aromatic rings. The minimum atomic E-state index is -2.40. The maximum atomic E-state index is 9.29. The molecular formula is C33H72Cl6O3Si3. The Morgan fingerprint density at radius 1 is 0.444 bits per heavy atom. The van der Waals surface area contributed by atoms with Gasteiger partial charge in [-0.2, -0.15) is 0 Å². The largest absolute Gasteiger partial charge is 0.399 e. The molecule has 0 bridgehead atoms. The van der Waals surface area contributed by atoms with Crippen LogP contribution in [0.5, 0.6) is 0 Å². The number of rotatable bonds is 27. The molecule has 45 heavy (non-hydrogen) atoms. The van der Waals surface area contributed by atoms with Gasteiger partial charge in [-0.15, -0.1) is 68.0 Å². The Balaban J connectivity index is -0.000000592. The second-order valence-electron chi connectivity index (χ2n) is 14.8. The fraction of sp³-hybridized carbons (Fsp3) is 1.00. The molecule has 0 radical (unpaired) electrons. The normalized spacial score (nSPS) is 14.2. The van der Waals surface area contributed by atoms with E-state index in [0.717, 1.165) is 54.9 Å². The maximum absolute atomic E-state index is 9.29. The molecule has 0 amide bonds. The fourth-order valence-corrected chi connectivity index (χ4v) is 14.2. The molecule has 0 aromatic carbocycles. The van der Waals surface area contributed by atoms with Gasteiger partial charge in [0.05, 0.1) is 0 Å². The van der Waals surface area contributed by atoms with Crippen LogP contribution in [0.1, 0.15) is 117 Å². The summed E-state index contributed by atoms with van der Waals surface area (Å²) in [5.74, 6) is 4.32. The molecule has 0 aliphatic heterocycles. The smallest absolute Gasteiger partial charge is 0.341 e. The number of aliphatic hydroxyl groups is 3. The van der Waals surface area contributed by atoms with E-state index in [1.165, 1.54) is 83.1 Å². The van der Waals surface area contributed by atoms with Crippen molar-refractivity contribution in [3.8, 4) is 0 Å². The zero-order chi connectivity index (χ0) is 35.2. The van der Waals surface area contributed by atoms with Gasteiger partial charge >= 0.3 is 6.00 Å². The van der Waals surface area contributed by atoms with Crippen molar-refractivity contribution in [2.45, 2.75) is 155 Å². The molecule has 3 unspecified atom stereocenters. The Labute approximate surface area is 312 Å². The minimum Gasteiger partial charge on any atom is -0.399 e. The lowest BCUT2D eigenvalue weighted by Crippen LogP contribution is -2.49. The van der Waals surface area contributed by atoms with Crippen LogP contribution in [0.15, 0.2) is 0 Å². The van der Waals surface area contributed by atoms with E-state index in [1.807, 2.05) is 0 Å². The number of hydrogen-bond donors (Lipinski definition) is 3. The summed E-state index contributed by atoms with van der Waals surface area (Å²) in [5, 5.41) is 27.9. The molecule has 12 heteroatoms. The highest BCUT2D eigenvalue weighted by Crippen LogP contribution is 2.31. The van der Waals surface area contributed by atoms with Gasteiger partial charge in [-0.1, -0.05) is 124 Å². The average Bonchev–Trinajstić information content (AvgIpc) is 2.94. The van der Waals surface area contributed by atoms with Gasteiger partial charge < -0.3 is 15.3 Å². The van der Waals surface area contributed by atoms with Crippen LogP contribution in [0, 0.1) is 17.8 Å². The van der Waals surface area contributed by atoms with E-state index in [1.54, 1.807) is 0 Å². The van der Waals surface area contributed by atoms with Crippen molar-refractivity contribution in [2.75, 3.05) is 36.3 Å². The number of aliphatic hydroxyl groups excluding tert-OH is 3. The summed E-state index contributed by atoms with van der Waals surface area (Å²) in [7, 11) is -3.03. The summed E-state index contributed by atoms with van der Waals surface area (Å²) < 4.78 is 0. The van der Waals surface area contributed by atoms with E-state index < -0.39 is 22.2 Å². The van der Waals surface area contributed by atoms with Crippen LogP contribution in [0.2, 0.25) is 37.8 Å². The van der Waals surface area contributed by atoms with E-state index in [0.29, 0.717) is 11.8 Å². The lowest BCUT2D eigenvalue weighted by Gasteiger charge is -2.28. The van der Waals surface area contributed by atoms with E-state index in [-0.39, 0.29) is 18.7 Å². The second kappa shape index (κ2) is 33.4. The molecule has 0 rings (SSSR count). The number of alkyl halides is 3. The first-order chi connectivity index (χ1) is 21.0. The summed E-state index contributed by atoms with van der Waals surface area (Å²) in [4.78, 5) is 0. The van der Waals surface area contributed by atoms with Gasteiger partial charge in [0, 0.05) is 44.4 Å². The van der Waals surface area contributed by atoms with Crippen molar-refractivity contribution >= 4 is 90.2 Å². The van der Waals surface area contributed by atoms with Gasteiger partial charge in [0.2, 0.25) is 0 Å². The average molecular weight is 814 g/mol. The topological polar surface area (TPSA) is 60.7 Å². The molecule has 0 aliphatic carbocycles. The van der Waals surface area contributed by atoms with Crippen molar-refractivity contribution in [3.63, 3.8) is 0 Å². The van der Waals surface area contributed by atoms with E-state index >= 15 is 0 Å². The second-order valence-corrected chi connectivity index (χ2v) is 35.0. The summed E-state index contributed by atoms with van der Waals surface area (Å²) in [6, 6.07) is 0.685. The van der Waals surface area contributed by atoms with Crippen LogP contribution in [0.25, 0.3) is 0 Å². The van der Waals surface area contributed by atoms with Gasteiger partial charge in [0.1, 0.15) is 8.07 Å². The molecule has 0 saturated carbocycles. The van der Waals surface area contributed by atoms with Crippen molar-refractivity contribution in [3.05, 3.63) is 0 Å². The molecule has 276 valence electrons. The molecule has 0 heterocycles. The van der Waals surface area contributed by atoms with Crippen molar-refractivity contribution in [1.82, 2.24) is 0 Å². The molecular weight excluding hydrogens is 741 g/mol. The van der Waals surface area contributed by atoms with Crippen molar-refractivity contribution in [1.29, 1.82) is 0 Å². The molecule has 0 saturated heterocycles. The third-order valence-electron chi connectivity index (χ3n) is 8.07.